The van der Waals surface area contributed by atoms with Crippen molar-refractivity contribution in [3.8, 4) is 0 Å². The second-order valence-corrected chi connectivity index (χ2v) is 1.35. The van der Waals surface area contributed by atoms with E-state index >= 15 is 0 Å². The average molecular weight is 113 g/mol. The van der Waals surface area contributed by atoms with Crippen molar-refractivity contribution in [2.24, 2.45) is 5.73 Å². The highest BCUT2D eigenvalue weighted by molar-refractivity contribution is 5.94. The Kier molecular flexibility index (Phi) is 2.54. The van der Waals surface area contributed by atoms with Crippen LogP contribution in [-0.2, 0) is 9.59 Å². The van der Waals surface area contributed by atoms with Gasteiger partial charge in [0.15, 0.2) is 0 Å². The number of hydrogen-bond donors (Lipinski definition) is 1. The highest BCUT2D eigenvalue weighted by atomic mass is 16.1. The molecule has 0 aromatic heterocycles. The van der Waals surface area contributed by atoms with Gasteiger partial charge in [0.05, 0.1) is 0 Å². The lowest BCUT2D eigenvalue weighted by molar-refractivity contribution is -0.114. The molecule has 0 atom stereocenters. The van der Waals surface area contributed by atoms with E-state index in [-0.39, 0.29) is 5.57 Å². The number of primary amides is 1. The van der Waals surface area contributed by atoms with Crippen molar-refractivity contribution in [3.63, 3.8) is 0 Å². The predicted molar refractivity (Wildman–Crippen MR) is 29.0 cm³/mol. The lowest BCUT2D eigenvalue weighted by atomic mass is 10.3. The molecule has 0 aliphatic carbocycles. The van der Waals surface area contributed by atoms with Gasteiger partial charge in [0.1, 0.15) is 6.29 Å². The topological polar surface area (TPSA) is 60.2 Å². The van der Waals surface area contributed by atoms with E-state index in [1.165, 1.54) is 6.92 Å². The molecule has 1 amide bonds. The van der Waals surface area contributed by atoms with E-state index in [0.29, 0.717) is 6.29 Å². The van der Waals surface area contributed by atoms with Crippen LogP contribution in [-0.4, -0.2) is 12.2 Å². The summed E-state index contributed by atoms with van der Waals surface area (Å²) in [4.78, 5) is 19.7. The maximum absolute atomic E-state index is 10.1. The molecule has 0 aromatic carbocycles. The van der Waals surface area contributed by atoms with E-state index in [9.17, 15) is 9.59 Å². The Labute approximate surface area is 47.2 Å². The Bertz CT molecular complexity index is 137. The van der Waals surface area contributed by atoms with Gasteiger partial charge in [-0.3, -0.25) is 9.59 Å². The van der Waals surface area contributed by atoms with Crippen LogP contribution in [0.4, 0.5) is 0 Å². The molecule has 0 bridgehead atoms. The molecule has 0 radical (unpaired) electrons. The van der Waals surface area contributed by atoms with E-state index < -0.39 is 5.91 Å². The van der Waals surface area contributed by atoms with Crippen molar-refractivity contribution in [3.05, 3.63) is 11.6 Å². The van der Waals surface area contributed by atoms with Gasteiger partial charge in [-0.05, 0) is 13.0 Å². The van der Waals surface area contributed by atoms with Crippen LogP contribution >= 0.6 is 0 Å². The van der Waals surface area contributed by atoms with Crippen LogP contribution in [0.5, 0.6) is 0 Å². The summed E-state index contributed by atoms with van der Waals surface area (Å²) in [6, 6.07) is 0. The first-order valence-corrected chi connectivity index (χ1v) is 2.10. The second-order valence-electron chi connectivity index (χ2n) is 1.35. The smallest absolute Gasteiger partial charge is 0.244 e. The molecule has 3 heteroatoms. The summed E-state index contributed by atoms with van der Waals surface area (Å²) in [5, 5.41) is 0. The van der Waals surface area contributed by atoms with Gasteiger partial charge in [0, 0.05) is 5.57 Å². The molecule has 2 N–H and O–H groups in total. The SMILES string of the molecule is C/C(=C/C=O)C(N)=O. The zero-order valence-electron chi connectivity index (χ0n) is 4.55. The van der Waals surface area contributed by atoms with Crippen molar-refractivity contribution in [1.29, 1.82) is 0 Å². The number of hydrogen-bond acceptors (Lipinski definition) is 2. The van der Waals surface area contributed by atoms with Gasteiger partial charge in [0.25, 0.3) is 0 Å². The molecule has 0 saturated carbocycles. The highest BCUT2D eigenvalue weighted by Crippen LogP contribution is 1.84. The lowest BCUT2D eigenvalue weighted by Gasteiger charge is -1.85. The molecule has 8 heavy (non-hydrogen) atoms. The van der Waals surface area contributed by atoms with Gasteiger partial charge in [0.2, 0.25) is 5.91 Å². The third-order valence-corrected chi connectivity index (χ3v) is 0.707. The summed E-state index contributed by atoms with van der Waals surface area (Å²) >= 11 is 0. The molecule has 0 saturated heterocycles. The molecule has 0 rings (SSSR count). The van der Waals surface area contributed by atoms with Crippen LogP contribution < -0.4 is 5.73 Å². The molecular weight excluding hydrogens is 106 g/mol. The normalized spacial score (nSPS) is 10.9. The summed E-state index contributed by atoms with van der Waals surface area (Å²) in [6.07, 6.45) is 1.66. The fourth-order valence-corrected chi connectivity index (χ4v) is 0.184. The molecule has 0 heterocycles. The quantitative estimate of drug-likeness (QED) is 0.392. The van der Waals surface area contributed by atoms with Gasteiger partial charge in [-0.1, -0.05) is 0 Å². The van der Waals surface area contributed by atoms with Crippen molar-refractivity contribution in [2.75, 3.05) is 0 Å². The van der Waals surface area contributed by atoms with Crippen LogP contribution in [0, 0.1) is 0 Å². The summed E-state index contributed by atoms with van der Waals surface area (Å²) in [5.74, 6) is -0.558. The molecule has 0 unspecified atom stereocenters. The third kappa shape index (κ3) is 2.12. The molecular formula is C5H7NO2. The van der Waals surface area contributed by atoms with E-state index in [1.54, 1.807) is 0 Å². The summed E-state index contributed by atoms with van der Waals surface area (Å²) in [7, 11) is 0. The maximum atomic E-state index is 10.1. The first-order valence-electron chi connectivity index (χ1n) is 2.10. The summed E-state index contributed by atoms with van der Waals surface area (Å²) in [5.41, 5.74) is 5.03. The number of carbonyl (C=O) groups is 2. The van der Waals surface area contributed by atoms with E-state index in [0.717, 1.165) is 6.08 Å². The van der Waals surface area contributed by atoms with Crippen molar-refractivity contribution in [1.82, 2.24) is 0 Å². The van der Waals surface area contributed by atoms with Gasteiger partial charge in [-0.25, -0.2) is 0 Å². The Balaban J connectivity index is 3.99. The number of nitrogens with two attached hydrogens (primary N) is 1. The van der Waals surface area contributed by atoms with Crippen LogP contribution in [0.3, 0.4) is 0 Å². The minimum Gasteiger partial charge on any atom is -0.366 e. The van der Waals surface area contributed by atoms with E-state index in [4.69, 9.17) is 5.73 Å². The maximum Gasteiger partial charge on any atom is 0.244 e. The fourth-order valence-electron chi connectivity index (χ4n) is 0.184. The molecule has 0 aliphatic heterocycles. The minimum absolute atomic E-state index is 0.278. The average Bonchev–Trinajstić information content (AvgIpc) is 1.67. The Morgan fingerprint density at radius 1 is 1.62 bits per heavy atom. The van der Waals surface area contributed by atoms with E-state index in [2.05, 4.69) is 0 Å². The molecule has 3 nitrogen and oxygen atoms in total. The first kappa shape index (κ1) is 6.88. The van der Waals surface area contributed by atoms with Crippen LogP contribution in [0.25, 0.3) is 0 Å². The van der Waals surface area contributed by atoms with Crippen LogP contribution in [0.1, 0.15) is 6.92 Å². The van der Waals surface area contributed by atoms with Crippen molar-refractivity contribution in [2.45, 2.75) is 6.92 Å². The second kappa shape index (κ2) is 2.96. The molecule has 0 spiro atoms. The first-order chi connectivity index (χ1) is 3.68. The van der Waals surface area contributed by atoms with Gasteiger partial charge < -0.3 is 5.73 Å². The Morgan fingerprint density at radius 2 is 2.12 bits per heavy atom. The predicted octanol–water partition coefficient (Wildman–Crippen LogP) is -0.383. The summed E-state index contributed by atoms with van der Waals surface area (Å²) < 4.78 is 0. The minimum atomic E-state index is -0.558. The highest BCUT2D eigenvalue weighted by Gasteiger charge is 1.92. The number of allylic oxidation sites excluding steroid dienone is 1. The largest absolute Gasteiger partial charge is 0.366 e. The zero-order chi connectivity index (χ0) is 6.57. The fraction of sp³-hybridized carbons (Fsp3) is 0.200. The molecule has 0 aliphatic rings. The van der Waals surface area contributed by atoms with Gasteiger partial charge in [-0.2, -0.15) is 0 Å². The zero-order valence-corrected chi connectivity index (χ0v) is 4.55. The molecule has 0 fully saturated rings. The third-order valence-electron chi connectivity index (χ3n) is 0.707. The summed E-state index contributed by atoms with van der Waals surface area (Å²) in [6.45, 7) is 1.48. The standard InChI is InChI=1S/C5H7NO2/c1-4(2-3-7)5(6)8/h2-3H,1H3,(H2,6,8)/b4-2-. The monoisotopic (exact) mass is 113 g/mol. The van der Waals surface area contributed by atoms with Crippen LogP contribution in [0.2, 0.25) is 0 Å². The number of carbonyl (C=O) groups excluding carboxylic acids is 2. The molecule has 44 valence electrons. The van der Waals surface area contributed by atoms with E-state index in [1.807, 2.05) is 0 Å². The Morgan fingerprint density at radius 3 is 2.25 bits per heavy atom. The number of rotatable bonds is 2. The van der Waals surface area contributed by atoms with Gasteiger partial charge in [-0.15, -0.1) is 0 Å². The number of amides is 1. The lowest BCUT2D eigenvalue weighted by Crippen LogP contribution is -2.11. The van der Waals surface area contributed by atoms with Gasteiger partial charge >= 0.3 is 0 Å². The number of aldehydes is 1. The molecule has 0 aromatic rings. The van der Waals surface area contributed by atoms with Crippen LogP contribution in [0.15, 0.2) is 11.6 Å². The van der Waals surface area contributed by atoms with Crippen molar-refractivity contribution < 1.29 is 9.59 Å². The Hall–Kier alpha value is -1.12. The van der Waals surface area contributed by atoms with Crippen molar-refractivity contribution >= 4 is 12.2 Å².